The maximum absolute atomic E-state index is 11.5. The van der Waals surface area contributed by atoms with Crippen LogP contribution < -0.4 is 10.6 Å². The van der Waals surface area contributed by atoms with Crippen LogP contribution in [-0.2, 0) is 27.3 Å². The number of Topliss-reactive ketones (excluding diaryl/α,β-unsaturated/α-hetero) is 1. The number of rotatable bonds is 17. The minimum absolute atomic E-state index is 0.0743. The van der Waals surface area contributed by atoms with Crippen molar-refractivity contribution in [1.29, 1.82) is 0 Å². The zero-order valence-corrected chi connectivity index (χ0v) is 40.2. The summed E-state index contributed by atoms with van der Waals surface area (Å²) in [6.07, 6.45) is 7.21. The Morgan fingerprint density at radius 1 is 0.722 bits per heavy atom. The zero-order chi connectivity index (χ0) is 41.5. The quantitative estimate of drug-likeness (QED) is 0.0695. The summed E-state index contributed by atoms with van der Waals surface area (Å²) in [5.41, 5.74) is 2.88. The number of pyridine rings is 2. The Kier molecular flexibility index (Phi) is 24.9. The molecule has 0 saturated carbocycles. The fourth-order valence-electron chi connectivity index (χ4n) is 5.35. The Labute approximate surface area is 339 Å². The third-order valence-corrected chi connectivity index (χ3v) is 23.8. The standard InChI is InChI=1S/C14H20N2O3.C12H17BrN2O2.C4H7O.3C4H9.Sn/c1-9-11(6-7-12(16-9)10(2)17)8-15-13(18)19-14(3,4)5;1-8-9(5-6-10(13)15-8)7-14-11(16)17-12(2,3)4;1-3-5-4-2;3*1-3-4-2;/h6-7H,8H2,1-5H3,(H,15,18);5-6H,7H2,1-4H3,(H,14,16);1,4H2,2H3;3*1,3-4H2,2H3;. The number of halogens is 1. The number of aromatic nitrogens is 2. The Morgan fingerprint density at radius 2 is 1.13 bits per heavy atom. The average molecular weight is 927 g/mol. The smallest absolute Gasteiger partial charge is 0.407 e. The molecule has 0 aliphatic heterocycles. The molecule has 0 aromatic carbocycles. The molecule has 10 nitrogen and oxygen atoms in total. The topological polar surface area (TPSA) is 129 Å². The van der Waals surface area contributed by atoms with Crippen LogP contribution in [0.2, 0.25) is 13.3 Å². The minimum atomic E-state index is -2.24. The fourth-order valence-corrected chi connectivity index (χ4v) is 20.4. The molecule has 306 valence electrons. The Balaban J connectivity index is 0.000000782. The molecule has 0 bridgehead atoms. The largest absolute Gasteiger partial charge is 0.444 e. The average Bonchev–Trinajstić information content (AvgIpc) is 3.06. The van der Waals surface area contributed by atoms with Crippen molar-refractivity contribution in [3.8, 4) is 0 Å². The summed E-state index contributed by atoms with van der Waals surface area (Å²) in [7, 11) is 0. The molecule has 2 N–H and O–H groups in total. The first-order valence-electron chi connectivity index (χ1n) is 19.5. The molecule has 0 atom stereocenters. The minimum Gasteiger partial charge on any atom is -0.444 e. The van der Waals surface area contributed by atoms with E-state index in [4.69, 9.17) is 14.2 Å². The summed E-state index contributed by atoms with van der Waals surface area (Å²) in [5, 5.41) is 5.36. The van der Waals surface area contributed by atoms with Gasteiger partial charge in [-0.1, -0.05) is 12.1 Å². The molecule has 12 heteroatoms. The van der Waals surface area contributed by atoms with Crippen LogP contribution in [0.4, 0.5) is 9.59 Å². The molecule has 2 aromatic heterocycles. The zero-order valence-electron chi connectivity index (χ0n) is 35.7. The predicted molar refractivity (Wildman–Crippen MR) is 227 cm³/mol. The van der Waals surface area contributed by atoms with Crippen LogP contribution in [0, 0.1) is 13.8 Å². The van der Waals surface area contributed by atoms with Crippen molar-refractivity contribution in [2.75, 3.05) is 6.61 Å². The number of ketones is 1. The van der Waals surface area contributed by atoms with Gasteiger partial charge in [-0.2, -0.15) is 0 Å². The molecule has 0 aliphatic rings. The first-order chi connectivity index (χ1) is 25.1. The van der Waals surface area contributed by atoms with Crippen molar-refractivity contribution in [1.82, 2.24) is 20.6 Å². The van der Waals surface area contributed by atoms with Crippen LogP contribution in [-0.4, -0.2) is 64.1 Å². The van der Waals surface area contributed by atoms with E-state index < -0.39 is 41.8 Å². The van der Waals surface area contributed by atoms with Crippen molar-refractivity contribution in [2.45, 2.75) is 166 Å². The van der Waals surface area contributed by atoms with Crippen LogP contribution >= 0.6 is 15.9 Å². The van der Waals surface area contributed by atoms with Crippen LogP contribution in [0.5, 0.6) is 0 Å². The number of ether oxygens (including phenoxy) is 3. The van der Waals surface area contributed by atoms with Crippen molar-refractivity contribution >= 4 is 52.3 Å². The SMILES string of the molecule is C=[C](OCC)[Sn]([CH2]CCC)([CH2]CCC)[CH2]CCC.CC(=O)c1ccc(CNC(=O)OC(C)(C)C)c(C)n1.Cc1nc(Br)ccc1CNC(=O)OC(C)(C)C. The number of nitrogens with one attached hydrogen (secondary N) is 2. The molecular formula is C42H71BrN4O6Sn. The van der Waals surface area contributed by atoms with Gasteiger partial charge in [0.1, 0.15) is 21.5 Å². The van der Waals surface area contributed by atoms with E-state index in [0.29, 0.717) is 18.8 Å². The Hall–Kier alpha value is -2.67. The van der Waals surface area contributed by atoms with Crippen molar-refractivity contribution in [2.24, 2.45) is 0 Å². The van der Waals surface area contributed by atoms with Gasteiger partial charge in [-0.3, -0.25) is 4.79 Å². The number of nitrogens with zero attached hydrogens (tertiary/aromatic N) is 2. The molecule has 0 unspecified atom stereocenters. The van der Waals surface area contributed by atoms with E-state index >= 15 is 0 Å². The molecule has 0 spiro atoms. The summed E-state index contributed by atoms with van der Waals surface area (Å²) in [6.45, 7) is 31.0. The summed E-state index contributed by atoms with van der Waals surface area (Å²) in [4.78, 5) is 42.6. The Bertz CT molecular complexity index is 1430. The molecule has 2 rings (SSSR count). The van der Waals surface area contributed by atoms with Crippen LogP contribution in [0.15, 0.2) is 39.2 Å². The number of amides is 2. The number of carbonyl (C=O) groups excluding carboxylic acids is 3. The second-order valence-corrected chi connectivity index (χ2v) is 29.5. The molecule has 0 fully saturated rings. The number of aryl methyl sites for hydroxylation is 2. The van der Waals surface area contributed by atoms with E-state index in [9.17, 15) is 14.4 Å². The molecule has 0 radical (unpaired) electrons. The van der Waals surface area contributed by atoms with Gasteiger partial charge in [0, 0.05) is 31.4 Å². The van der Waals surface area contributed by atoms with Gasteiger partial charge in [0.05, 0.1) is 0 Å². The monoisotopic (exact) mass is 926 g/mol. The maximum Gasteiger partial charge on any atom is 0.407 e. The predicted octanol–water partition coefficient (Wildman–Crippen LogP) is 11.7. The summed E-state index contributed by atoms with van der Waals surface area (Å²) < 4.78 is 22.6. The molecule has 54 heavy (non-hydrogen) atoms. The summed E-state index contributed by atoms with van der Waals surface area (Å²) in [5.74, 6) is -0.0743. The van der Waals surface area contributed by atoms with E-state index in [0.717, 1.165) is 33.7 Å². The number of unbranched alkanes of at least 4 members (excludes halogenated alkanes) is 3. The second-order valence-electron chi connectivity index (χ2n) is 15.5. The van der Waals surface area contributed by atoms with Gasteiger partial charge in [-0.15, -0.1) is 0 Å². The first kappa shape index (κ1) is 51.3. The Morgan fingerprint density at radius 3 is 1.46 bits per heavy atom. The second kappa shape index (κ2) is 26.2. The number of alkyl carbamates (subject to hydrolysis) is 2. The number of hydrogen-bond acceptors (Lipinski definition) is 8. The number of hydrogen-bond donors (Lipinski definition) is 2. The van der Waals surface area contributed by atoms with Gasteiger partial charge in [-0.05, 0) is 94.6 Å². The van der Waals surface area contributed by atoms with E-state index in [1.807, 2.05) is 39.8 Å². The van der Waals surface area contributed by atoms with Crippen LogP contribution in [0.3, 0.4) is 0 Å². The molecular weight excluding hydrogens is 855 g/mol. The van der Waals surface area contributed by atoms with Gasteiger partial charge < -0.3 is 20.1 Å². The van der Waals surface area contributed by atoms with Crippen LogP contribution in [0.1, 0.15) is 148 Å². The van der Waals surface area contributed by atoms with E-state index in [-0.39, 0.29) is 5.78 Å². The van der Waals surface area contributed by atoms with Crippen molar-refractivity contribution < 1.29 is 28.6 Å². The van der Waals surface area contributed by atoms with Gasteiger partial charge in [0.2, 0.25) is 0 Å². The van der Waals surface area contributed by atoms with Gasteiger partial charge in [0.25, 0.3) is 0 Å². The van der Waals surface area contributed by atoms with Crippen LogP contribution in [0.25, 0.3) is 0 Å². The van der Waals surface area contributed by atoms with Crippen molar-refractivity contribution in [3.63, 3.8) is 0 Å². The van der Waals surface area contributed by atoms with E-state index in [1.165, 1.54) is 62.5 Å². The summed E-state index contributed by atoms with van der Waals surface area (Å²) in [6, 6.07) is 7.21. The van der Waals surface area contributed by atoms with Gasteiger partial charge >= 0.3 is 132 Å². The molecule has 0 aliphatic carbocycles. The molecule has 0 saturated heterocycles. The third kappa shape index (κ3) is 22.6. The molecule has 2 amide bonds. The van der Waals surface area contributed by atoms with Gasteiger partial charge in [-0.25, -0.2) is 19.6 Å². The van der Waals surface area contributed by atoms with E-state index in [1.54, 1.807) is 39.8 Å². The third-order valence-electron chi connectivity index (χ3n) is 8.30. The first-order valence-corrected chi connectivity index (χ1v) is 27.8. The maximum atomic E-state index is 11.5. The molecule has 2 heterocycles. The molecule has 2 aromatic rings. The van der Waals surface area contributed by atoms with Crippen molar-refractivity contribution in [3.05, 3.63) is 67.4 Å². The van der Waals surface area contributed by atoms with E-state index in [2.05, 4.69) is 70.8 Å². The number of carbonyl (C=O) groups is 3. The fraction of sp³-hybridized carbons (Fsp3) is 0.643. The van der Waals surface area contributed by atoms with Gasteiger partial charge in [0.15, 0.2) is 5.78 Å². The normalized spacial score (nSPS) is 11.2. The summed E-state index contributed by atoms with van der Waals surface area (Å²) >= 11 is 1.05.